The third-order valence-corrected chi connectivity index (χ3v) is 5.47. The number of aliphatic carboxylic acids is 1. The van der Waals surface area contributed by atoms with Gasteiger partial charge in [0, 0.05) is 17.3 Å². The number of carboxylic acids is 1. The van der Waals surface area contributed by atoms with Gasteiger partial charge in [0.1, 0.15) is 0 Å². The van der Waals surface area contributed by atoms with Crippen LogP contribution in [0.2, 0.25) is 0 Å². The van der Waals surface area contributed by atoms with Gasteiger partial charge in [-0.05, 0) is 44.3 Å². The van der Waals surface area contributed by atoms with Gasteiger partial charge in [0.05, 0.1) is 5.92 Å². The van der Waals surface area contributed by atoms with Crippen LogP contribution in [0.5, 0.6) is 0 Å². The van der Waals surface area contributed by atoms with E-state index in [0.29, 0.717) is 18.1 Å². The molecule has 2 fully saturated rings. The van der Waals surface area contributed by atoms with Crippen LogP contribution >= 0.6 is 11.8 Å². The molecule has 2 amide bonds. The number of amides is 2. The summed E-state index contributed by atoms with van der Waals surface area (Å²) < 4.78 is 0. The Hall–Kier alpha value is -0.910. The maximum atomic E-state index is 11.9. The third kappa shape index (κ3) is 4.30. The summed E-state index contributed by atoms with van der Waals surface area (Å²) in [6, 6.07) is 0.155. The van der Waals surface area contributed by atoms with E-state index >= 15 is 0 Å². The molecule has 4 atom stereocenters. The van der Waals surface area contributed by atoms with Crippen molar-refractivity contribution in [3.8, 4) is 0 Å². The lowest BCUT2D eigenvalue weighted by Crippen LogP contribution is -2.45. The Balaban J connectivity index is 1.67. The Morgan fingerprint density at radius 2 is 1.75 bits per heavy atom. The number of rotatable bonds is 5. The van der Waals surface area contributed by atoms with Gasteiger partial charge in [-0.15, -0.1) is 0 Å². The zero-order valence-electron chi connectivity index (χ0n) is 11.9. The number of carbonyl (C=O) groups excluding carboxylic acids is 1. The summed E-state index contributed by atoms with van der Waals surface area (Å²) in [7, 11) is 0. The molecule has 2 saturated carbocycles. The lowest BCUT2D eigenvalue weighted by molar-refractivity contribution is -0.141. The average Bonchev–Trinajstić information content (AvgIpc) is 2.99. The van der Waals surface area contributed by atoms with Gasteiger partial charge in [0.25, 0.3) is 0 Å². The highest BCUT2D eigenvalue weighted by molar-refractivity contribution is 7.99. The van der Waals surface area contributed by atoms with Crippen molar-refractivity contribution >= 4 is 23.8 Å². The molecule has 20 heavy (non-hydrogen) atoms. The summed E-state index contributed by atoms with van der Waals surface area (Å²) in [5.41, 5.74) is 0. The summed E-state index contributed by atoms with van der Waals surface area (Å²) >= 11 is 1.97. The second kappa shape index (κ2) is 7.20. The molecule has 2 aliphatic carbocycles. The first-order valence-corrected chi connectivity index (χ1v) is 8.54. The van der Waals surface area contributed by atoms with Gasteiger partial charge in [-0.25, -0.2) is 4.79 Å². The summed E-state index contributed by atoms with van der Waals surface area (Å²) in [5, 5.41) is 15.6. The van der Waals surface area contributed by atoms with Crippen molar-refractivity contribution < 1.29 is 14.7 Å². The molecule has 0 aromatic rings. The molecule has 114 valence electrons. The van der Waals surface area contributed by atoms with E-state index in [9.17, 15) is 9.59 Å². The highest BCUT2D eigenvalue weighted by atomic mass is 32.2. The van der Waals surface area contributed by atoms with Crippen molar-refractivity contribution in [1.29, 1.82) is 0 Å². The van der Waals surface area contributed by atoms with Gasteiger partial charge in [-0.3, -0.25) is 4.79 Å². The van der Waals surface area contributed by atoms with Crippen molar-refractivity contribution in [2.75, 3.05) is 5.75 Å². The number of hydrogen-bond acceptors (Lipinski definition) is 3. The smallest absolute Gasteiger partial charge is 0.315 e. The van der Waals surface area contributed by atoms with Crippen LogP contribution in [0.1, 0.15) is 45.4 Å². The van der Waals surface area contributed by atoms with Crippen LogP contribution < -0.4 is 10.6 Å². The van der Waals surface area contributed by atoms with E-state index in [1.54, 1.807) is 0 Å². The molecule has 0 aromatic heterocycles. The highest BCUT2D eigenvalue weighted by Crippen LogP contribution is 2.30. The van der Waals surface area contributed by atoms with E-state index < -0.39 is 5.97 Å². The molecule has 6 heteroatoms. The molecule has 0 aliphatic heterocycles. The Bertz CT molecular complexity index is 364. The predicted octanol–water partition coefficient (Wildman–Crippen LogP) is 2.21. The Kier molecular flexibility index (Phi) is 5.57. The summed E-state index contributed by atoms with van der Waals surface area (Å²) in [6.07, 6.45) is 5.26. The zero-order chi connectivity index (χ0) is 14.5. The number of carboxylic acid groups (broad SMARTS) is 1. The van der Waals surface area contributed by atoms with Crippen molar-refractivity contribution in [3.63, 3.8) is 0 Å². The molecule has 3 N–H and O–H groups in total. The first-order valence-electron chi connectivity index (χ1n) is 7.50. The third-order valence-electron chi connectivity index (χ3n) is 4.24. The Labute approximate surface area is 124 Å². The quantitative estimate of drug-likeness (QED) is 0.727. The van der Waals surface area contributed by atoms with Crippen LogP contribution in [0.15, 0.2) is 0 Å². The van der Waals surface area contributed by atoms with Gasteiger partial charge in [-0.2, -0.15) is 11.8 Å². The van der Waals surface area contributed by atoms with Gasteiger partial charge in [0.2, 0.25) is 0 Å². The molecule has 4 unspecified atom stereocenters. The minimum Gasteiger partial charge on any atom is -0.481 e. The maximum Gasteiger partial charge on any atom is 0.315 e. The fraction of sp³-hybridized carbons (Fsp3) is 0.857. The Morgan fingerprint density at radius 3 is 2.35 bits per heavy atom. The average molecular weight is 300 g/mol. The van der Waals surface area contributed by atoms with E-state index in [2.05, 4.69) is 17.6 Å². The predicted molar refractivity (Wildman–Crippen MR) is 80.0 cm³/mol. The fourth-order valence-electron chi connectivity index (χ4n) is 3.21. The topological polar surface area (TPSA) is 78.4 Å². The van der Waals surface area contributed by atoms with Crippen LogP contribution in [0.4, 0.5) is 4.79 Å². The van der Waals surface area contributed by atoms with Crippen LogP contribution in [0.3, 0.4) is 0 Å². The molecule has 0 heterocycles. The highest BCUT2D eigenvalue weighted by Gasteiger charge is 2.31. The summed E-state index contributed by atoms with van der Waals surface area (Å²) in [4.78, 5) is 22.8. The van der Waals surface area contributed by atoms with Gasteiger partial charge < -0.3 is 15.7 Å². The van der Waals surface area contributed by atoms with Gasteiger partial charge >= 0.3 is 12.0 Å². The lowest BCUT2D eigenvalue weighted by atomic mass is 10.1. The molecule has 2 aliphatic rings. The van der Waals surface area contributed by atoms with Crippen molar-refractivity contribution in [3.05, 3.63) is 0 Å². The van der Waals surface area contributed by atoms with E-state index in [0.717, 1.165) is 25.0 Å². The normalized spacial score (nSPS) is 33.0. The standard InChI is InChI=1S/C14H24N2O3S/c1-2-20-12-6-5-11(8-12)16-14(19)15-10-4-3-9(7-10)13(17)18/h9-12H,2-8H2,1H3,(H,17,18)(H2,15,16,19). The van der Waals surface area contributed by atoms with E-state index in [1.165, 1.54) is 6.42 Å². The number of urea groups is 1. The van der Waals surface area contributed by atoms with Crippen molar-refractivity contribution in [1.82, 2.24) is 10.6 Å². The number of hydrogen-bond donors (Lipinski definition) is 3. The molecule has 0 radical (unpaired) electrons. The summed E-state index contributed by atoms with van der Waals surface area (Å²) in [5.74, 6) is 0.0874. The largest absolute Gasteiger partial charge is 0.481 e. The van der Waals surface area contributed by atoms with Crippen LogP contribution in [0.25, 0.3) is 0 Å². The maximum absolute atomic E-state index is 11.9. The van der Waals surface area contributed by atoms with E-state index in [4.69, 9.17) is 5.11 Å². The minimum atomic E-state index is -0.745. The number of nitrogens with one attached hydrogen (secondary N) is 2. The van der Waals surface area contributed by atoms with Crippen LogP contribution in [-0.2, 0) is 4.79 Å². The molecule has 0 bridgehead atoms. The number of carbonyl (C=O) groups is 2. The van der Waals surface area contributed by atoms with E-state index in [-0.39, 0.29) is 24.0 Å². The molecular formula is C14H24N2O3S. The zero-order valence-corrected chi connectivity index (χ0v) is 12.7. The molecular weight excluding hydrogens is 276 g/mol. The summed E-state index contributed by atoms with van der Waals surface area (Å²) in [6.45, 7) is 2.16. The molecule has 2 rings (SSSR count). The van der Waals surface area contributed by atoms with Crippen molar-refractivity contribution in [2.45, 2.75) is 62.8 Å². The lowest BCUT2D eigenvalue weighted by Gasteiger charge is -2.17. The van der Waals surface area contributed by atoms with Crippen LogP contribution in [0, 0.1) is 5.92 Å². The SMILES string of the molecule is CCSC1CCC(NC(=O)NC2CCC(C(=O)O)C2)C1. The van der Waals surface area contributed by atoms with E-state index in [1.807, 2.05) is 11.8 Å². The molecule has 0 saturated heterocycles. The Morgan fingerprint density at radius 1 is 1.10 bits per heavy atom. The number of thioether (sulfide) groups is 1. The second-order valence-electron chi connectivity index (χ2n) is 5.75. The second-order valence-corrected chi connectivity index (χ2v) is 7.33. The monoisotopic (exact) mass is 300 g/mol. The van der Waals surface area contributed by atoms with Crippen molar-refractivity contribution in [2.24, 2.45) is 5.92 Å². The molecule has 5 nitrogen and oxygen atoms in total. The first-order chi connectivity index (χ1) is 9.58. The fourth-order valence-corrected chi connectivity index (χ4v) is 4.35. The van der Waals surface area contributed by atoms with Crippen LogP contribution in [-0.4, -0.2) is 40.2 Å². The van der Waals surface area contributed by atoms with Gasteiger partial charge in [0.15, 0.2) is 0 Å². The molecule has 0 spiro atoms. The van der Waals surface area contributed by atoms with Gasteiger partial charge in [-0.1, -0.05) is 6.92 Å². The molecule has 0 aromatic carbocycles. The minimum absolute atomic E-state index is 0.0123. The first kappa shape index (κ1) is 15.5.